The van der Waals surface area contributed by atoms with Crippen molar-refractivity contribution < 1.29 is 0 Å². The van der Waals surface area contributed by atoms with Gasteiger partial charge in [-0.3, -0.25) is 5.43 Å². The summed E-state index contributed by atoms with van der Waals surface area (Å²) in [5, 5.41) is 19.3. The van der Waals surface area contributed by atoms with Crippen molar-refractivity contribution in [2.75, 3.05) is 0 Å². The average Bonchev–Trinajstić information content (AvgIpc) is 2.99. The molecule has 0 aliphatic carbocycles. The number of hydrogen-bond acceptors (Lipinski definition) is 6. The maximum absolute atomic E-state index is 4.04. The Morgan fingerprint density at radius 1 is 1.24 bits per heavy atom. The van der Waals surface area contributed by atoms with Gasteiger partial charge in [-0.2, -0.15) is 5.10 Å². The standard InChI is InChI=1S/C10H9N7/c1-2-4-9-8(3-1)7(5-11-9)6-12-13-10-14-16-17-15-10/h1-6,10-11,13H/b12-6+. The summed E-state index contributed by atoms with van der Waals surface area (Å²) in [7, 11) is 0. The Morgan fingerprint density at radius 3 is 2.94 bits per heavy atom. The Kier molecular flexibility index (Phi) is 2.34. The zero-order chi connectivity index (χ0) is 11.5. The first kappa shape index (κ1) is 9.64. The van der Waals surface area contributed by atoms with Crippen molar-refractivity contribution in [2.45, 2.75) is 6.29 Å². The maximum Gasteiger partial charge on any atom is 0.270 e. The van der Waals surface area contributed by atoms with Crippen LogP contribution in [-0.4, -0.2) is 17.5 Å². The van der Waals surface area contributed by atoms with Gasteiger partial charge in [-0.15, -0.1) is 10.2 Å². The summed E-state index contributed by atoms with van der Waals surface area (Å²) in [6.07, 6.45) is 3.10. The molecule has 17 heavy (non-hydrogen) atoms. The van der Waals surface area contributed by atoms with Crippen LogP contribution in [-0.2, 0) is 0 Å². The van der Waals surface area contributed by atoms with Gasteiger partial charge in [-0.25, -0.2) is 0 Å². The van der Waals surface area contributed by atoms with E-state index in [1.807, 2.05) is 30.5 Å². The molecule has 0 atom stereocenters. The number of rotatable bonds is 3. The Balaban J connectivity index is 1.78. The van der Waals surface area contributed by atoms with Gasteiger partial charge in [0.15, 0.2) is 0 Å². The Bertz CT molecular complexity index is 598. The van der Waals surface area contributed by atoms with E-state index in [1.54, 1.807) is 6.21 Å². The third-order valence-corrected chi connectivity index (χ3v) is 2.38. The molecule has 0 spiro atoms. The van der Waals surface area contributed by atoms with Crippen molar-refractivity contribution in [2.24, 2.45) is 25.8 Å². The molecule has 1 aliphatic rings. The zero-order valence-corrected chi connectivity index (χ0v) is 8.78. The van der Waals surface area contributed by atoms with Crippen molar-refractivity contribution in [3.63, 3.8) is 0 Å². The predicted octanol–water partition coefficient (Wildman–Crippen LogP) is 2.21. The lowest BCUT2D eigenvalue weighted by atomic mass is 10.2. The summed E-state index contributed by atoms with van der Waals surface area (Å²) in [6.45, 7) is 0. The largest absolute Gasteiger partial charge is 0.361 e. The second-order valence-corrected chi connectivity index (χ2v) is 3.46. The number of aromatic amines is 1. The average molecular weight is 227 g/mol. The van der Waals surface area contributed by atoms with Crippen LogP contribution in [0.3, 0.4) is 0 Å². The maximum atomic E-state index is 4.04. The van der Waals surface area contributed by atoms with E-state index in [9.17, 15) is 0 Å². The topological polar surface area (TPSA) is 89.6 Å². The molecule has 1 aromatic heterocycles. The van der Waals surface area contributed by atoms with Crippen LogP contribution < -0.4 is 5.43 Å². The van der Waals surface area contributed by atoms with Gasteiger partial charge in [0.1, 0.15) is 0 Å². The number of benzene rings is 1. The number of nitrogens with one attached hydrogen (secondary N) is 2. The van der Waals surface area contributed by atoms with Crippen LogP contribution in [0.15, 0.2) is 56.2 Å². The van der Waals surface area contributed by atoms with E-state index in [-0.39, 0.29) is 0 Å². The summed E-state index contributed by atoms with van der Waals surface area (Å²) in [6, 6.07) is 8.01. The SMILES string of the molecule is C(=N\NC1N=NN=N1)/c1c[nH]c2ccccc12. The van der Waals surface area contributed by atoms with Gasteiger partial charge in [0.25, 0.3) is 6.29 Å². The molecule has 84 valence electrons. The molecule has 0 saturated heterocycles. The number of para-hydroxylation sites is 1. The van der Waals surface area contributed by atoms with Crippen molar-refractivity contribution in [1.82, 2.24) is 10.4 Å². The van der Waals surface area contributed by atoms with Gasteiger partial charge in [0.05, 0.1) is 6.21 Å². The van der Waals surface area contributed by atoms with E-state index >= 15 is 0 Å². The molecule has 1 aromatic carbocycles. The lowest BCUT2D eigenvalue weighted by Gasteiger charge is -1.97. The minimum Gasteiger partial charge on any atom is -0.361 e. The second-order valence-electron chi connectivity index (χ2n) is 3.46. The summed E-state index contributed by atoms with van der Waals surface area (Å²) in [5.41, 5.74) is 4.80. The highest BCUT2D eigenvalue weighted by molar-refractivity contribution is 5.98. The van der Waals surface area contributed by atoms with Crippen molar-refractivity contribution in [3.05, 3.63) is 36.0 Å². The van der Waals surface area contributed by atoms with Crippen LogP contribution in [0.5, 0.6) is 0 Å². The Hall–Kier alpha value is -2.57. The quantitative estimate of drug-likeness (QED) is 0.610. The third kappa shape index (κ3) is 1.89. The summed E-state index contributed by atoms with van der Waals surface area (Å²) in [4.78, 5) is 3.16. The minimum atomic E-state index is -0.503. The van der Waals surface area contributed by atoms with Gasteiger partial charge < -0.3 is 4.98 Å². The van der Waals surface area contributed by atoms with Crippen LogP contribution >= 0.6 is 0 Å². The fourth-order valence-corrected chi connectivity index (χ4v) is 1.59. The molecule has 2 N–H and O–H groups in total. The lowest BCUT2D eigenvalue weighted by molar-refractivity contribution is 0.570. The van der Waals surface area contributed by atoms with Gasteiger partial charge in [-0.1, -0.05) is 18.2 Å². The fraction of sp³-hybridized carbons (Fsp3) is 0.100. The van der Waals surface area contributed by atoms with Gasteiger partial charge in [0, 0.05) is 22.7 Å². The monoisotopic (exact) mass is 227 g/mol. The number of aromatic nitrogens is 1. The van der Waals surface area contributed by atoms with E-state index in [0.29, 0.717) is 0 Å². The van der Waals surface area contributed by atoms with E-state index in [0.717, 1.165) is 16.5 Å². The lowest BCUT2D eigenvalue weighted by Crippen LogP contribution is -2.17. The number of H-pyrrole nitrogens is 1. The molecule has 7 heteroatoms. The molecule has 0 radical (unpaired) electrons. The van der Waals surface area contributed by atoms with Gasteiger partial charge in [0.2, 0.25) is 0 Å². The van der Waals surface area contributed by atoms with Crippen LogP contribution in [0, 0.1) is 0 Å². The number of hydrazone groups is 1. The molecule has 0 unspecified atom stereocenters. The smallest absolute Gasteiger partial charge is 0.270 e. The molecule has 1 aliphatic heterocycles. The van der Waals surface area contributed by atoms with Crippen LogP contribution in [0.1, 0.15) is 5.56 Å². The zero-order valence-electron chi connectivity index (χ0n) is 8.78. The summed E-state index contributed by atoms with van der Waals surface area (Å²) in [5.74, 6) is 0. The van der Waals surface area contributed by atoms with Gasteiger partial charge >= 0.3 is 0 Å². The normalized spacial score (nSPS) is 15.3. The molecule has 7 nitrogen and oxygen atoms in total. The molecule has 0 fully saturated rings. The molecule has 0 amide bonds. The minimum absolute atomic E-state index is 0.503. The van der Waals surface area contributed by atoms with E-state index in [1.165, 1.54) is 0 Å². The Morgan fingerprint density at radius 2 is 2.06 bits per heavy atom. The predicted molar refractivity (Wildman–Crippen MR) is 62.5 cm³/mol. The van der Waals surface area contributed by atoms with E-state index < -0.39 is 6.29 Å². The van der Waals surface area contributed by atoms with Crippen LogP contribution in [0.4, 0.5) is 0 Å². The van der Waals surface area contributed by atoms with Gasteiger partial charge in [-0.05, 0) is 16.5 Å². The highest BCUT2D eigenvalue weighted by atomic mass is 15.6. The van der Waals surface area contributed by atoms with Crippen LogP contribution in [0.25, 0.3) is 10.9 Å². The molecular weight excluding hydrogens is 218 g/mol. The Labute approximate surface area is 96.3 Å². The molecular formula is C10H9N7. The first-order chi connectivity index (χ1) is 8.43. The fourth-order valence-electron chi connectivity index (χ4n) is 1.59. The first-order valence-corrected chi connectivity index (χ1v) is 5.08. The first-order valence-electron chi connectivity index (χ1n) is 5.08. The highest BCUT2D eigenvalue weighted by Gasteiger charge is 2.05. The molecule has 2 heterocycles. The van der Waals surface area contributed by atoms with Crippen LogP contribution in [0.2, 0.25) is 0 Å². The third-order valence-electron chi connectivity index (χ3n) is 2.38. The van der Waals surface area contributed by atoms with E-state index in [2.05, 4.69) is 36.2 Å². The number of nitrogens with zero attached hydrogens (tertiary/aromatic N) is 5. The summed E-state index contributed by atoms with van der Waals surface area (Å²) < 4.78 is 0. The number of fused-ring (bicyclic) bond motifs is 1. The van der Waals surface area contributed by atoms with Crippen molar-refractivity contribution in [3.8, 4) is 0 Å². The van der Waals surface area contributed by atoms with Crippen molar-refractivity contribution >= 4 is 17.1 Å². The summed E-state index contributed by atoms with van der Waals surface area (Å²) >= 11 is 0. The molecule has 2 aromatic rings. The van der Waals surface area contributed by atoms with E-state index in [4.69, 9.17) is 0 Å². The molecule has 0 saturated carbocycles. The second kappa shape index (κ2) is 4.12. The molecule has 3 rings (SSSR count). The van der Waals surface area contributed by atoms with Crippen molar-refractivity contribution in [1.29, 1.82) is 0 Å². The highest BCUT2D eigenvalue weighted by Crippen LogP contribution is 2.15. The molecule has 0 bridgehead atoms. The number of hydrogen-bond donors (Lipinski definition) is 2.